The number of nitro groups is 1. The molecule has 100 valence electrons. The fourth-order valence-electron chi connectivity index (χ4n) is 1.38. The summed E-state index contributed by atoms with van der Waals surface area (Å²) in [5.74, 6) is -3.84. The highest BCUT2D eigenvalue weighted by Gasteiger charge is 2.25. The van der Waals surface area contributed by atoms with Gasteiger partial charge in [-0.15, -0.1) is 0 Å². The number of aromatic carboxylic acids is 2. The third-order valence-corrected chi connectivity index (χ3v) is 2.10. The van der Waals surface area contributed by atoms with Gasteiger partial charge in [-0.2, -0.15) is 0 Å². The molecule has 0 spiro atoms. The molecule has 0 saturated carbocycles. The van der Waals surface area contributed by atoms with Gasteiger partial charge in [0.05, 0.1) is 16.1 Å². The molecule has 0 aliphatic carbocycles. The summed E-state index contributed by atoms with van der Waals surface area (Å²) in [7, 11) is 0. The van der Waals surface area contributed by atoms with Crippen LogP contribution in [0.25, 0.3) is 0 Å². The number of carbonyl (C=O) groups excluding carboxylic acids is 1. The molecule has 0 bridgehead atoms. The summed E-state index contributed by atoms with van der Waals surface area (Å²) in [6, 6.07) is 1.34. The number of nitro benzene ring substituents is 1. The fourth-order valence-corrected chi connectivity index (χ4v) is 1.38. The Hall–Kier alpha value is -2.97. The summed E-state index contributed by atoms with van der Waals surface area (Å²) in [6.07, 6.45) is 0. The Morgan fingerprint density at radius 3 is 2.00 bits per heavy atom. The molecule has 0 unspecified atom stereocenters. The number of amides is 1. The summed E-state index contributed by atoms with van der Waals surface area (Å²) in [6.45, 7) is 1.08. The van der Waals surface area contributed by atoms with Crippen LogP contribution in [0.2, 0.25) is 0 Å². The van der Waals surface area contributed by atoms with Crippen molar-refractivity contribution in [3.05, 3.63) is 33.4 Å². The Labute approximate surface area is 105 Å². The number of nitrogens with one attached hydrogen (secondary N) is 1. The van der Waals surface area contributed by atoms with Crippen molar-refractivity contribution in [3.63, 3.8) is 0 Å². The molecule has 3 N–H and O–H groups in total. The Balaban J connectivity index is 3.59. The zero-order chi connectivity index (χ0) is 14.7. The predicted molar refractivity (Wildman–Crippen MR) is 61.3 cm³/mol. The summed E-state index contributed by atoms with van der Waals surface area (Å²) < 4.78 is 0. The minimum Gasteiger partial charge on any atom is -0.478 e. The van der Waals surface area contributed by atoms with Gasteiger partial charge in [0.1, 0.15) is 5.69 Å². The number of hydrogen-bond donors (Lipinski definition) is 3. The molecule has 1 amide bonds. The third kappa shape index (κ3) is 3.03. The Morgan fingerprint density at radius 1 is 1.16 bits per heavy atom. The van der Waals surface area contributed by atoms with Crippen molar-refractivity contribution in [1.29, 1.82) is 0 Å². The standard InChI is InChI=1S/C10H8N2O7/c1-4(13)11-7-2-5(9(14)15)6(10(16)17)3-8(7)12(18)19/h2-3H,1H3,(H,11,13)(H,14,15)(H,16,17). The van der Waals surface area contributed by atoms with Crippen molar-refractivity contribution >= 4 is 29.2 Å². The van der Waals surface area contributed by atoms with E-state index in [4.69, 9.17) is 10.2 Å². The number of carboxylic acid groups (broad SMARTS) is 2. The molecule has 9 heteroatoms. The molecule has 0 aliphatic rings. The molecule has 0 radical (unpaired) electrons. The number of benzene rings is 1. The first-order chi connectivity index (χ1) is 8.73. The van der Waals surface area contributed by atoms with E-state index in [2.05, 4.69) is 5.32 Å². The summed E-state index contributed by atoms with van der Waals surface area (Å²) in [5, 5.41) is 30.5. The van der Waals surface area contributed by atoms with E-state index in [1.165, 1.54) is 0 Å². The molecule has 1 aromatic carbocycles. The smallest absolute Gasteiger partial charge is 0.336 e. The van der Waals surface area contributed by atoms with Gasteiger partial charge in [-0.1, -0.05) is 0 Å². The van der Waals surface area contributed by atoms with E-state index in [1.54, 1.807) is 0 Å². The number of carboxylic acids is 2. The molecule has 0 saturated heterocycles. The largest absolute Gasteiger partial charge is 0.478 e. The molecule has 0 heterocycles. The lowest BCUT2D eigenvalue weighted by Crippen LogP contribution is -2.13. The minimum atomic E-state index is -1.62. The molecule has 0 aromatic heterocycles. The number of nitrogens with zero attached hydrogens (tertiary/aromatic N) is 1. The van der Waals surface area contributed by atoms with Crippen LogP contribution in [0.15, 0.2) is 12.1 Å². The van der Waals surface area contributed by atoms with Crippen LogP contribution in [-0.4, -0.2) is 33.0 Å². The summed E-state index contributed by atoms with van der Waals surface area (Å²) >= 11 is 0. The van der Waals surface area contributed by atoms with Crippen molar-refractivity contribution < 1.29 is 29.5 Å². The number of carbonyl (C=O) groups is 3. The average molecular weight is 268 g/mol. The van der Waals surface area contributed by atoms with Gasteiger partial charge in [0.25, 0.3) is 5.69 Å². The van der Waals surface area contributed by atoms with Crippen molar-refractivity contribution in [1.82, 2.24) is 0 Å². The lowest BCUT2D eigenvalue weighted by Gasteiger charge is -2.07. The van der Waals surface area contributed by atoms with Crippen molar-refractivity contribution in [3.8, 4) is 0 Å². The van der Waals surface area contributed by atoms with E-state index in [0.29, 0.717) is 6.07 Å². The number of hydrogen-bond acceptors (Lipinski definition) is 5. The number of rotatable bonds is 4. The van der Waals surface area contributed by atoms with Crippen LogP contribution < -0.4 is 5.32 Å². The van der Waals surface area contributed by atoms with Crippen LogP contribution >= 0.6 is 0 Å². The van der Waals surface area contributed by atoms with E-state index in [0.717, 1.165) is 13.0 Å². The van der Waals surface area contributed by atoms with Gasteiger partial charge in [0, 0.05) is 13.0 Å². The highest BCUT2D eigenvalue weighted by atomic mass is 16.6. The monoisotopic (exact) mass is 268 g/mol. The second-order valence-electron chi connectivity index (χ2n) is 3.46. The maximum absolute atomic E-state index is 10.9. The maximum atomic E-state index is 10.9. The predicted octanol–water partition coefficient (Wildman–Crippen LogP) is 0.950. The molecule has 9 nitrogen and oxygen atoms in total. The molecule has 0 atom stereocenters. The zero-order valence-electron chi connectivity index (χ0n) is 9.54. The van der Waals surface area contributed by atoms with Crippen molar-refractivity contribution in [2.24, 2.45) is 0 Å². The molecular weight excluding hydrogens is 260 g/mol. The molecule has 1 aromatic rings. The van der Waals surface area contributed by atoms with Crippen LogP contribution in [-0.2, 0) is 4.79 Å². The van der Waals surface area contributed by atoms with Crippen LogP contribution in [0, 0.1) is 10.1 Å². The van der Waals surface area contributed by atoms with Gasteiger partial charge in [-0.05, 0) is 6.07 Å². The molecular formula is C10H8N2O7. The van der Waals surface area contributed by atoms with E-state index < -0.39 is 39.6 Å². The molecule has 0 aliphatic heterocycles. The van der Waals surface area contributed by atoms with Crippen molar-refractivity contribution in [2.75, 3.05) is 5.32 Å². The lowest BCUT2D eigenvalue weighted by atomic mass is 10.0. The van der Waals surface area contributed by atoms with Crippen LogP contribution in [0.3, 0.4) is 0 Å². The highest BCUT2D eigenvalue weighted by Crippen LogP contribution is 2.28. The van der Waals surface area contributed by atoms with Crippen LogP contribution in [0.5, 0.6) is 0 Å². The first-order valence-electron chi connectivity index (χ1n) is 4.80. The van der Waals surface area contributed by atoms with E-state index in [-0.39, 0.29) is 5.69 Å². The number of anilines is 1. The zero-order valence-corrected chi connectivity index (χ0v) is 9.54. The second-order valence-corrected chi connectivity index (χ2v) is 3.46. The first kappa shape index (κ1) is 14.1. The van der Waals surface area contributed by atoms with Gasteiger partial charge in [-0.3, -0.25) is 14.9 Å². The van der Waals surface area contributed by atoms with Crippen molar-refractivity contribution in [2.45, 2.75) is 6.92 Å². The average Bonchev–Trinajstić information content (AvgIpc) is 2.26. The Morgan fingerprint density at radius 2 is 1.63 bits per heavy atom. The lowest BCUT2D eigenvalue weighted by molar-refractivity contribution is -0.384. The topological polar surface area (TPSA) is 147 Å². The molecule has 19 heavy (non-hydrogen) atoms. The molecule has 1 rings (SSSR count). The van der Waals surface area contributed by atoms with Crippen LogP contribution in [0.4, 0.5) is 11.4 Å². The van der Waals surface area contributed by atoms with E-state index in [9.17, 15) is 24.5 Å². The van der Waals surface area contributed by atoms with Gasteiger partial charge >= 0.3 is 11.9 Å². The normalized spacial score (nSPS) is 9.74. The minimum absolute atomic E-state index is 0.375. The van der Waals surface area contributed by atoms with Gasteiger partial charge in [0.15, 0.2) is 0 Å². The van der Waals surface area contributed by atoms with Gasteiger partial charge in [-0.25, -0.2) is 9.59 Å². The highest BCUT2D eigenvalue weighted by molar-refractivity contribution is 6.05. The molecule has 0 fully saturated rings. The third-order valence-electron chi connectivity index (χ3n) is 2.10. The summed E-state index contributed by atoms with van der Waals surface area (Å²) in [4.78, 5) is 42.5. The van der Waals surface area contributed by atoms with Gasteiger partial charge < -0.3 is 15.5 Å². The van der Waals surface area contributed by atoms with Crippen LogP contribution in [0.1, 0.15) is 27.6 Å². The Bertz CT molecular complexity index is 594. The van der Waals surface area contributed by atoms with E-state index in [1.807, 2.05) is 0 Å². The quantitative estimate of drug-likeness (QED) is 0.543. The fraction of sp³-hybridized carbons (Fsp3) is 0.100. The van der Waals surface area contributed by atoms with Gasteiger partial charge in [0.2, 0.25) is 5.91 Å². The SMILES string of the molecule is CC(=O)Nc1cc(C(=O)O)c(C(=O)O)cc1[N+](=O)[O-]. The second kappa shape index (κ2) is 5.12. The maximum Gasteiger partial charge on any atom is 0.336 e. The Kier molecular flexibility index (Phi) is 3.80. The van der Waals surface area contributed by atoms with E-state index >= 15 is 0 Å². The summed E-state index contributed by atoms with van der Waals surface area (Å²) in [5.41, 5.74) is -2.45. The first-order valence-corrected chi connectivity index (χ1v) is 4.80.